The highest BCUT2D eigenvalue weighted by atomic mass is 31.2. The molecule has 0 spiro atoms. The Morgan fingerprint density at radius 2 is 1.19 bits per heavy atom. The second-order valence-electron chi connectivity index (χ2n) is 12.4. The number of ether oxygens (including phenoxy) is 2. The van der Waals surface area contributed by atoms with Gasteiger partial charge < -0.3 is 25.2 Å². The summed E-state index contributed by atoms with van der Waals surface area (Å²) in [6.07, 6.45) is 39.9. The van der Waals surface area contributed by atoms with Crippen LogP contribution in [-0.2, 0) is 37.5 Å². The van der Waals surface area contributed by atoms with Crippen molar-refractivity contribution in [3.63, 3.8) is 0 Å². The Labute approximate surface area is 312 Å². The number of carbonyl (C=O) groups is 3. The molecule has 0 aliphatic carbocycles. The van der Waals surface area contributed by atoms with Gasteiger partial charge in [0, 0.05) is 12.8 Å². The summed E-state index contributed by atoms with van der Waals surface area (Å²) in [6, 6.07) is -1.53. The second kappa shape index (κ2) is 35.0. The van der Waals surface area contributed by atoms with E-state index in [1.807, 2.05) is 48.6 Å². The van der Waals surface area contributed by atoms with E-state index in [-0.39, 0.29) is 19.4 Å². The highest BCUT2D eigenvalue weighted by molar-refractivity contribution is 7.47. The monoisotopic (exact) mass is 751 g/mol. The molecule has 0 amide bonds. The van der Waals surface area contributed by atoms with Gasteiger partial charge in [0.05, 0.1) is 13.2 Å². The molecule has 0 radical (unpaired) electrons. The molecule has 2 unspecified atom stereocenters. The molecule has 3 atom stereocenters. The summed E-state index contributed by atoms with van der Waals surface area (Å²) >= 11 is 0. The van der Waals surface area contributed by atoms with Gasteiger partial charge in [-0.1, -0.05) is 138 Å². The second-order valence-corrected chi connectivity index (χ2v) is 13.9. The van der Waals surface area contributed by atoms with Crippen molar-refractivity contribution in [2.75, 3.05) is 19.8 Å². The molecule has 0 aromatic rings. The molecule has 0 saturated carbocycles. The number of phosphoric acid groups is 1. The van der Waals surface area contributed by atoms with Crippen LogP contribution in [0.4, 0.5) is 0 Å². The lowest BCUT2D eigenvalue weighted by atomic mass is 10.1. The number of phosphoric ester groups is 1. The summed E-state index contributed by atoms with van der Waals surface area (Å²) in [5, 5.41) is 8.86. The van der Waals surface area contributed by atoms with E-state index in [1.165, 1.54) is 38.5 Å². The molecule has 0 fully saturated rings. The Bertz CT molecular complexity index is 1160. The summed E-state index contributed by atoms with van der Waals surface area (Å²) in [6.45, 7) is 2.53. The molecule has 0 bridgehead atoms. The largest absolute Gasteiger partial charge is 0.480 e. The SMILES string of the molecule is CC/C=C/C=C/C=C/C=C/CCCCCCCC(=O)OCC(COP(=O)(O)OC[C@H](N)C(=O)O)OC(=O)CC/C=C/C/C=C/CCCCCCCC. The number of carbonyl (C=O) groups excluding carboxylic acids is 2. The van der Waals surface area contributed by atoms with Gasteiger partial charge in [0.2, 0.25) is 0 Å². The summed E-state index contributed by atoms with van der Waals surface area (Å²) < 4.78 is 32.4. The number of hydrogen-bond donors (Lipinski definition) is 3. The topological polar surface area (TPSA) is 172 Å². The molecule has 0 aromatic heterocycles. The Morgan fingerprint density at radius 1 is 0.635 bits per heavy atom. The van der Waals surface area contributed by atoms with E-state index in [0.717, 1.165) is 51.4 Å². The normalized spacial score (nSPS) is 14.7. The quantitative estimate of drug-likeness (QED) is 0.0188. The lowest BCUT2D eigenvalue weighted by Gasteiger charge is -2.20. The van der Waals surface area contributed by atoms with Gasteiger partial charge in [-0.2, -0.15) is 0 Å². The molecule has 0 aliphatic rings. The Morgan fingerprint density at radius 3 is 1.85 bits per heavy atom. The van der Waals surface area contributed by atoms with E-state index >= 15 is 0 Å². The van der Waals surface area contributed by atoms with Gasteiger partial charge in [-0.15, -0.1) is 0 Å². The van der Waals surface area contributed by atoms with Crippen LogP contribution < -0.4 is 5.73 Å². The zero-order valence-electron chi connectivity index (χ0n) is 31.6. The Balaban J connectivity index is 4.58. The Hall–Kier alpha value is -3.08. The van der Waals surface area contributed by atoms with Crippen LogP contribution in [0.3, 0.4) is 0 Å². The minimum absolute atomic E-state index is 0.0456. The molecule has 52 heavy (non-hydrogen) atoms. The number of rotatable bonds is 34. The molecule has 12 heteroatoms. The van der Waals surface area contributed by atoms with Crippen molar-refractivity contribution in [1.82, 2.24) is 0 Å². The number of hydrogen-bond acceptors (Lipinski definition) is 9. The smallest absolute Gasteiger partial charge is 0.472 e. The fraction of sp³-hybridized carbons (Fsp3) is 0.625. The first-order valence-corrected chi connectivity index (χ1v) is 20.5. The molecule has 4 N–H and O–H groups in total. The van der Waals surface area contributed by atoms with Crippen molar-refractivity contribution < 1.29 is 47.5 Å². The first-order valence-electron chi connectivity index (χ1n) is 19.0. The van der Waals surface area contributed by atoms with E-state index in [2.05, 4.69) is 42.7 Å². The molecule has 11 nitrogen and oxygen atoms in total. The predicted molar refractivity (Wildman–Crippen MR) is 207 cm³/mol. The van der Waals surface area contributed by atoms with Crippen LogP contribution in [0.2, 0.25) is 0 Å². The zero-order chi connectivity index (χ0) is 38.5. The standard InChI is InChI=1S/C40H66NO10P/c1-3-5-7-9-11-13-15-17-18-20-21-23-25-27-29-31-38(42)48-33-36(34-49-52(46,47)50-35-37(41)40(44)45)51-39(43)32-30-28-26-24-22-19-16-14-12-10-8-6-4-2/h5,7,9,11,13,15,17-19,22,26,28,36-37H,3-4,6,8,10,12,14,16,20-21,23-25,27,29-35,41H2,1-2H3,(H,44,45)(H,46,47)/b7-5+,11-9+,15-13+,18-17+,22-19+,28-26+/t36?,37-/m0/s1. The molecule has 296 valence electrons. The third kappa shape index (κ3) is 34.0. The van der Waals surface area contributed by atoms with E-state index in [4.69, 9.17) is 24.8 Å². The van der Waals surface area contributed by atoms with Crippen LogP contribution in [0.1, 0.15) is 129 Å². The number of aliphatic carboxylic acids is 1. The fourth-order valence-electron chi connectivity index (χ4n) is 4.54. The van der Waals surface area contributed by atoms with Crippen LogP contribution in [0.15, 0.2) is 72.9 Å². The predicted octanol–water partition coefficient (Wildman–Crippen LogP) is 9.39. The van der Waals surface area contributed by atoms with Crippen LogP contribution in [-0.4, -0.2) is 59.9 Å². The molecule has 0 aliphatic heterocycles. The summed E-state index contributed by atoms with van der Waals surface area (Å²) in [4.78, 5) is 45.7. The maximum atomic E-state index is 12.5. The molecular formula is C40H66NO10P. The summed E-state index contributed by atoms with van der Waals surface area (Å²) in [7, 11) is -4.73. The Kier molecular flexibility index (Phi) is 32.9. The molecule has 0 saturated heterocycles. The van der Waals surface area contributed by atoms with Gasteiger partial charge in [-0.05, 0) is 51.4 Å². The van der Waals surface area contributed by atoms with E-state index in [0.29, 0.717) is 12.8 Å². The molecule has 0 rings (SSSR count). The van der Waals surface area contributed by atoms with Crippen LogP contribution >= 0.6 is 7.82 Å². The number of carboxylic acids is 1. The van der Waals surface area contributed by atoms with Crippen molar-refractivity contribution >= 4 is 25.7 Å². The van der Waals surface area contributed by atoms with Gasteiger partial charge in [0.15, 0.2) is 6.10 Å². The minimum atomic E-state index is -4.73. The number of unbranched alkanes of at least 4 members (excludes halogenated alkanes) is 11. The molecule has 0 heterocycles. The average molecular weight is 752 g/mol. The van der Waals surface area contributed by atoms with Gasteiger partial charge in [-0.25, -0.2) is 4.57 Å². The number of esters is 2. The van der Waals surface area contributed by atoms with Gasteiger partial charge in [-0.3, -0.25) is 23.4 Å². The van der Waals surface area contributed by atoms with E-state index in [1.54, 1.807) is 0 Å². The third-order valence-corrected chi connectivity index (χ3v) is 8.50. The maximum absolute atomic E-state index is 12.5. The maximum Gasteiger partial charge on any atom is 0.472 e. The lowest BCUT2D eigenvalue weighted by Crippen LogP contribution is -2.34. The highest BCUT2D eigenvalue weighted by Gasteiger charge is 2.28. The average Bonchev–Trinajstić information content (AvgIpc) is 3.12. The van der Waals surface area contributed by atoms with E-state index < -0.39 is 51.1 Å². The highest BCUT2D eigenvalue weighted by Crippen LogP contribution is 2.43. The fourth-order valence-corrected chi connectivity index (χ4v) is 5.32. The summed E-state index contributed by atoms with van der Waals surface area (Å²) in [5.41, 5.74) is 5.31. The van der Waals surface area contributed by atoms with Crippen molar-refractivity contribution in [3.8, 4) is 0 Å². The summed E-state index contributed by atoms with van der Waals surface area (Å²) in [5.74, 6) is -2.51. The van der Waals surface area contributed by atoms with Crippen LogP contribution in [0.25, 0.3) is 0 Å². The number of allylic oxidation sites excluding steroid dienone is 12. The van der Waals surface area contributed by atoms with Gasteiger partial charge in [0.1, 0.15) is 12.6 Å². The first kappa shape index (κ1) is 48.9. The van der Waals surface area contributed by atoms with Crippen LogP contribution in [0, 0.1) is 0 Å². The van der Waals surface area contributed by atoms with Crippen molar-refractivity contribution in [2.45, 2.75) is 142 Å². The van der Waals surface area contributed by atoms with Gasteiger partial charge >= 0.3 is 25.7 Å². The molecule has 0 aromatic carbocycles. The lowest BCUT2D eigenvalue weighted by molar-refractivity contribution is -0.161. The van der Waals surface area contributed by atoms with E-state index in [9.17, 15) is 23.8 Å². The van der Waals surface area contributed by atoms with Crippen LogP contribution in [0.5, 0.6) is 0 Å². The number of carboxylic acid groups (broad SMARTS) is 1. The minimum Gasteiger partial charge on any atom is -0.480 e. The van der Waals surface area contributed by atoms with Crippen molar-refractivity contribution in [2.24, 2.45) is 5.73 Å². The molecular weight excluding hydrogens is 685 g/mol. The zero-order valence-corrected chi connectivity index (χ0v) is 32.5. The van der Waals surface area contributed by atoms with Crippen molar-refractivity contribution in [1.29, 1.82) is 0 Å². The van der Waals surface area contributed by atoms with Crippen molar-refractivity contribution in [3.05, 3.63) is 72.9 Å². The van der Waals surface area contributed by atoms with Gasteiger partial charge in [0.25, 0.3) is 0 Å². The third-order valence-electron chi connectivity index (χ3n) is 7.55. The first-order chi connectivity index (χ1) is 25.1. The number of nitrogens with two attached hydrogens (primary N) is 1.